The number of rotatable bonds is 8. The van der Waals surface area contributed by atoms with Crippen LogP contribution in [0.3, 0.4) is 0 Å². The molecule has 7 heteroatoms. The third kappa shape index (κ3) is 5.72. The Morgan fingerprint density at radius 2 is 1.86 bits per heavy atom. The van der Waals surface area contributed by atoms with Crippen molar-refractivity contribution in [2.75, 3.05) is 37.8 Å². The molecule has 0 aliphatic rings. The number of aromatic nitrogens is 1. The Hall–Kier alpha value is -1.60. The molecule has 0 aliphatic carbocycles. The summed E-state index contributed by atoms with van der Waals surface area (Å²) in [6.07, 6.45) is 0.933. The van der Waals surface area contributed by atoms with Gasteiger partial charge in [0.1, 0.15) is 0 Å². The number of benzene rings is 2. The van der Waals surface area contributed by atoms with E-state index >= 15 is 0 Å². The number of anilines is 1. The molecule has 0 N–H and O–H groups in total. The quantitative estimate of drug-likeness (QED) is 0.419. The van der Waals surface area contributed by atoms with Gasteiger partial charge in [0.05, 0.1) is 10.2 Å². The zero-order valence-electron chi connectivity index (χ0n) is 17.3. The van der Waals surface area contributed by atoms with Gasteiger partial charge in [0.2, 0.25) is 0 Å². The first-order valence-electron chi connectivity index (χ1n) is 9.61. The first kappa shape index (κ1) is 23.7. The van der Waals surface area contributed by atoms with Gasteiger partial charge in [-0.25, -0.2) is 4.98 Å². The number of aryl methyl sites for hydroxylation is 1. The second kappa shape index (κ2) is 11.0. The van der Waals surface area contributed by atoms with Crippen LogP contribution in [0.1, 0.15) is 29.8 Å². The average Bonchev–Trinajstić information content (AvgIpc) is 3.12. The molecule has 1 amide bonds. The zero-order valence-corrected chi connectivity index (χ0v) is 19.8. The summed E-state index contributed by atoms with van der Waals surface area (Å²) in [7, 11) is 4.05. The molecule has 0 saturated heterocycles. The van der Waals surface area contributed by atoms with Crippen molar-refractivity contribution >= 4 is 56.8 Å². The van der Waals surface area contributed by atoms with Crippen LogP contribution in [0.5, 0.6) is 0 Å². The summed E-state index contributed by atoms with van der Waals surface area (Å²) in [5.74, 6) is 0.997. The molecule has 0 fully saturated rings. The Labute approximate surface area is 187 Å². The number of carbonyl (C=O) groups is 1. The molecule has 3 rings (SSSR count). The van der Waals surface area contributed by atoms with Crippen LogP contribution in [-0.2, 0) is 6.42 Å². The van der Waals surface area contributed by atoms with Gasteiger partial charge >= 0.3 is 0 Å². The van der Waals surface area contributed by atoms with Crippen LogP contribution in [0.2, 0.25) is 0 Å². The predicted octanol–water partition coefficient (Wildman–Crippen LogP) is 5.60. The second-order valence-electron chi connectivity index (χ2n) is 6.83. The molecule has 0 bridgehead atoms. The van der Waals surface area contributed by atoms with Gasteiger partial charge in [0.15, 0.2) is 5.13 Å². The molecule has 0 aliphatic heterocycles. The van der Waals surface area contributed by atoms with Crippen LogP contribution in [0.4, 0.5) is 5.13 Å². The third-order valence-electron chi connectivity index (χ3n) is 4.51. The Morgan fingerprint density at radius 3 is 2.55 bits per heavy atom. The van der Waals surface area contributed by atoms with Crippen LogP contribution in [0, 0.1) is 0 Å². The number of nitrogens with zero attached hydrogens (tertiary/aromatic N) is 3. The van der Waals surface area contributed by atoms with E-state index in [1.165, 1.54) is 5.56 Å². The maximum absolute atomic E-state index is 13.4. The zero-order chi connectivity index (χ0) is 20.1. The fourth-order valence-electron chi connectivity index (χ4n) is 3.02. The summed E-state index contributed by atoms with van der Waals surface area (Å²) in [5.41, 5.74) is 2.96. The second-order valence-corrected chi connectivity index (χ2v) is 9.18. The van der Waals surface area contributed by atoms with Gasteiger partial charge in [-0.15, -0.1) is 24.2 Å². The average molecular weight is 450 g/mol. The number of fused-ring (bicyclic) bond motifs is 1. The molecule has 29 heavy (non-hydrogen) atoms. The standard InChI is InChI=1S/C22H27N3OS2.ClH/c1-5-16-9-8-12-19-20(16)23-22(28-19)25(14-13-24(3)4)21(26)17-10-7-11-18(15-17)27-6-2;/h7-12,15H,5-6,13-14H2,1-4H3;1H. The van der Waals surface area contributed by atoms with Gasteiger partial charge < -0.3 is 4.90 Å². The van der Waals surface area contributed by atoms with E-state index in [2.05, 4.69) is 43.0 Å². The fraction of sp³-hybridized carbons (Fsp3) is 0.364. The van der Waals surface area contributed by atoms with Gasteiger partial charge in [0.25, 0.3) is 5.91 Å². The molecular weight excluding hydrogens is 422 g/mol. The van der Waals surface area contributed by atoms with E-state index in [0.717, 1.165) is 39.0 Å². The number of thioether (sulfide) groups is 1. The largest absolute Gasteiger partial charge is 0.308 e. The van der Waals surface area contributed by atoms with Crippen LogP contribution in [0.15, 0.2) is 47.4 Å². The van der Waals surface area contributed by atoms with Crippen LogP contribution in [0.25, 0.3) is 10.2 Å². The minimum atomic E-state index is 0. The summed E-state index contributed by atoms with van der Waals surface area (Å²) in [6.45, 7) is 5.65. The number of halogens is 1. The molecule has 156 valence electrons. The Morgan fingerprint density at radius 1 is 1.10 bits per heavy atom. The van der Waals surface area contributed by atoms with E-state index in [1.807, 2.05) is 37.2 Å². The normalized spacial score (nSPS) is 10.9. The van der Waals surface area contributed by atoms with Gasteiger partial charge in [0, 0.05) is 23.5 Å². The summed E-state index contributed by atoms with van der Waals surface area (Å²) in [4.78, 5) is 23.3. The lowest BCUT2D eigenvalue weighted by Gasteiger charge is -2.22. The highest BCUT2D eigenvalue weighted by molar-refractivity contribution is 7.99. The molecule has 0 atom stereocenters. The van der Waals surface area contributed by atoms with Crippen molar-refractivity contribution in [1.82, 2.24) is 9.88 Å². The monoisotopic (exact) mass is 449 g/mol. The number of thiazole rings is 1. The number of para-hydroxylation sites is 1. The van der Waals surface area contributed by atoms with Gasteiger partial charge in [-0.2, -0.15) is 0 Å². The number of hydrogen-bond donors (Lipinski definition) is 0. The van der Waals surface area contributed by atoms with Crippen molar-refractivity contribution < 1.29 is 4.79 Å². The topological polar surface area (TPSA) is 36.4 Å². The molecule has 1 heterocycles. The molecule has 0 spiro atoms. The van der Waals surface area contributed by atoms with E-state index in [0.29, 0.717) is 12.1 Å². The predicted molar refractivity (Wildman–Crippen MR) is 129 cm³/mol. The van der Waals surface area contributed by atoms with E-state index < -0.39 is 0 Å². The van der Waals surface area contributed by atoms with E-state index in [1.54, 1.807) is 23.1 Å². The molecule has 2 aromatic carbocycles. The maximum atomic E-state index is 13.4. The highest BCUT2D eigenvalue weighted by Crippen LogP contribution is 2.32. The van der Waals surface area contributed by atoms with Crippen molar-refractivity contribution in [3.63, 3.8) is 0 Å². The smallest absolute Gasteiger partial charge is 0.260 e. The summed E-state index contributed by atoms with van der Waals surface area (Å²) in [6, 6.07) is 14.2. The van der Waals surface area contributed by atoms with Crippen LogP contribution in [-0.4, -0.2) is 48.7 Å². The van der Waals surface area contributed by atoms with Crippen molar-refractivity contribution in [3.8, 4) is 0 Å². The first-order chi connectivity index (χ1) is 13.5. The lowest BCUT2D eigenvalue weighted by molar-refractivity contribution is 0.0985. The van der Waals surface area contributed by atoms with Crippen molar-refractivity contribution in [3.05, 3.63) is 53.6 Å². The minimum Gasteiger partial charge on any atom is -0.308 e. The van der Waals surface area contributed by atoms with Crippen LogP contribution >= 0.6 is 35.5 Å². The van der Waals surface area contributed by atoms with Gasteiger partial charge in [-0.3, -0.25) is 9.69 Å². The Kier molecular flexibility index (Phi) is 8.96. The maximum Gasteiger partial charge on any atom is 0.260 e. The molecule has 0 saturated carbocycles. The van der Waals surface area contributed by atoms with Gasteiger partial charge in [-0.1, -0.05) is 43.4 Å². The summed E-state index contributed by atoms with van der Waals surface area (Å²) < 4.78 is 1.13. The molecular formula is C22H28ClN3OS2. The molecule has 3 aromatic rings. The Balaban J connectivity index is 0.00000300. The number of hydrogen-bond acceptors (Lipinski definition) is 5. The van der Waals surface area contributed by atoms with Crippen molar-refractivity contribution in [2.45, 2.75) is 25.2 Å². The first-order valence-corrected chi connectivity index (χ1v) is 11.4. The summed E-state index contributed by atoms with van der Waals surface area (Å²) >= 11 is 3.34. The number of amides is 1. The molecule has 4 nitrogen and oxygen atoms in total. The highest BCUT2D eigenvalue weighted by Gasteiger charge is 2.22. The summed E-state index contributed by atoms with van der Waals surface area (Å²) in [5, 5.41) is 0.774. The van der Waals surface area contributed by atoms with E-state index in [9.17, 15) is 4.79 Å². The third-order valence-corrected chi connectivity index (χ3v) is 6.43. The SMILES string of the molecule is CCSc1cccc(C(=O)N(CCN(C)C)c2nc3c(CC)cccc3s2)c1.Cl. The molecule has 0 unspecified atom stereocenters. The van der Waals surface area contributed by atoms with Crippen molar-refractivity contribution in [1.29, 1.82) is 0 Å². The van der Waals surface area contributed by atoms with E-state index in [4.69, 9.17) is 4.98 Å². The number of carbonyl (C=O) groups excluding carboxylic acids is 1. The van der Waals surface area contributed by atoms with Gasteiger partial charge in [-0.05, 0) is 56.1 Å². The van der Waals surface area contributed by atoms with E-state index in [-0.39, 0.29) is 18.3 Å². The lowest BCUT2D eigenvalue weighted by atomic mass is 10.1. The highest BCUT2D eigenvalue weighted by atomic mass is 35.5. The fourth-order valence-corrected chi connectivity index (χ4v) is 4.78. The Bertz CT molecular complexity index is 958. The molecule has 1 aromatic heterocycles. The number of likely N-dealkylation sites (N-methyl/N-ethyl adjacent to an activating group) is 1. The molecule has 0 radical (unpaired) electrons. The van der Waals surface area contributed by atoms with Crippen molar-refractivity contribution in [2.24, 2.45) is 0 Å². The minimum absolute atomic E-state index is 0. The van der Waals surface area contributed by atoms with Crippen LogP contribution < -0.4 is 4.90 Å². The lowest BCUT2D eigenvalue weighted by Crippen LogP contribution is -2.36.